The third-order valence-corrected chi connectivity index (χ3v) is 5.64. The maximum Gasteiger partial charge on any atom is 0.333 e. The van der Waals surface area contributed by atoms with Crippen LogP contribution >= 0.6 is 0 Å². The van der Waals surface area contributed by atoms with Gasteiger partial charge in [0.2, 0.25) is 0 Å². The Morgan fingerprint density at radius 3 is 2.59 bits per heavy atom. The van der Waals surface area contributed by atoms with Crippen molar-refractivity contribution in [3.63, 3.8) is 0 Å². The number of amides is 1. The zero-order chi connectivity index (χ0) is 22.2. The summed E-state index contributed by atoms with van der Waals surface area (Å²) in [7, 11) is 1.68. The van der Waals surface area contributed by atoms with E-state index in [4.69, 9.17) is 0 Å². The van der Waals surface area contributed by atoms with Crippen LogP contribution in [0.1, 0.15) is 15.9 Å². The fourth-order valence-electron chi connectivity index (χ4n) is 4.10. The lowest BCUT2D eigenvalue weighted by atomic mass is 10.1. The summed E-state index contributed by atoms with van der Waals surface area (Å²) in [4.78, 5) is 44.6. The first-order valence-corrected chi connectivity index (χ1v) is 10.3. The van der Waals surface area contributed by atoms with Gasteiger partial charge in [-0.05, 0) is 30.2 Å². The van der Waals surface area contributed by atoms with E-state index < -0.39 is 11.2 Å². The number of para-hydroxylation sites is 2. The Hall–Kier alpha value is -4.33. The maximum atomic E-state index is 13.1. The number of hydrogen-bond acceptors (Lipinski definition) is 3. The topological polar surface area (TPSA) is 105 Å². The lowest BCUT2D eigenvalue weighted by molar-refractivity contribution is 0.0955. The molecule has 5 aromatic rings. The molecule has 0 saturated heterocycles. The van der Waals surface area contributed by atoms with Crippen LogP contribution < -0.4 is 16.6 Å². The third-order valence-electron chi connectivity index (χ3n) is 5.64. The second-order valence-corrected chi connectivity index (χ2v) is 7.65. The van der Waals surface area contributed by atoms with Crippen molar-refractivity contribution in [2.24, 2.45) is 7.05 Å². The number of aryl methyl sites for hydroxylation is 1. The zero-order valence-electron chi connectivity index (χ0n) is 17.4. The Morgan fingerprint density at radius 2 is 1.78 bits per heavy atom. The van der Waals surface area contributed by atoms with Gasteiger partial charge in [-0.15, -0.1) is 0 Å². The van der Waals surface area contributed by atoms with Crippen LogP contribution in [0.15, 0.2) is 76.6 Å². The van der Waals surface area contributed by atoms with E-state index in [-0.39, 0.29) is 22.5 Å². The molecule has 0 aliphatic heterocycles. The molecule has 5 rings (SSSR count). The van der Waals surface area contributed by atoms with Crippen LogP contribution in [0, 0.1) is 0 Å². The van der Waals surface area contributed by atoms with Gasteiger partial charge in [-0.25, -0.2) is 9.36 Å². The molecule has 0 aliphatic rings. The quantitative estimate of drug-likeness (QED) is 0.401. The summed E-state index contributed by atoms with van der Waals surface area (Å²) in [6.45, 7) is 0.419. The number of aromatic amines is 2. The predicted octanol–water partition coefficient (Wildman–Crippen LogP) is 2.47. The Bertz CT molecular complexity index is 1570. The molecule has 1 amide bonds. The number of benzene rings is 2. The number of hydrogen-bond donors (Lipinski definition) is 3. The molecule has 8 nitrogen and oxygen atoms in total. The second kappa shape index (κ2) is 7.73. The molecule has 0 fully saturated rings. The Morgan fingerprint density at radius 1 is 1.03 bits per heavy atom. The zero-order valence-corrected chi connectivity index (χ0v) is 17.4. The normalized spacial score (nSPS) is 11.3. The second-order valence-electron chi connectivity index (χ2n) is 7.65. The van der Waals surface area contributed by atoms with Crippen LogP contribution in [-0.4, -0.2) is 31.6 Å². The number of nitrogens with zero attached hydrogens (tertiary/aromatic N) is 2. The summed E-state index contributed by atoms with van der Waals surface area (Å²) in [5, 5.41) is 4.02. The van der Waals surface area contributed by atoms with Crippen LogP contribution in [0.25, 0.3) is 27.6 Å². The van der Waals surface area contributed by atoms with Crippen LogP contribution in [0.4, 0.5) is 0 Å². The van der Waals surface area contributed by atoms with E-state index in [1.54, 1.807) is 42.1 Å². The van der Waals surface area contributed by atoms with Gasteiger partial charge >= 0.3 is 5.69 Å². The van der Waals surface area contributed by atoms with Crippen LogP contribution in [0.2, 0.25) is 0 Å². The van der Waals surface area contributed by atoms with E-state index >= 15 is 0 Å². The Balaban J connectivity index is 1.43. The molecule has 0 radical (unpaired) electrons. The molecule has 0 aliphatic carbocycles. The summed E-state index contributed by atoms with van der Waals surface area (Å²) in [6.07, 6.45) is 4.16. The fraction of sp³-hybridized carbons (Fsp3) is 0.125. The van der Waals surface area contributed by atoms with Crippen molar-refractivity contribution in [2.45, 2.75) is 6.42 Å². The van der Waals surface area contributed by atoms with Gasteiger partial charge in [0.05, 0.1) is 16.8 Å². The first-order chi connectivity index (χ1) is 15.5. The lowest BCUT2D eigenvalue weighted by Gasteiger charge is -2.06. The Labute approximate surface area is 182 Å². The summed E-state index contributed by atoms with van der Waals surface area (Å²) >= 11 is 0. The van der Waals surface area contributed by atoms with E-state index in [0.717, 1.165) is 21.0 Å². The Kier molecular flexibility index (Phi) is 4.74. The van der Waals surface area contributed by atoms with E-state index in [1.165, 1.54) is 0 Å². The van der Waals surface area contributed by atoms with Crippen molar-refractivity contribution in [1.82, 2.24) is 24.4 Å². The summed E-state index contributed by atoms with van der Waals surface area (Å²) in [6, 6.07) is 16.7. The summed E-state index contributed by atoms with van der Waals surface area (Å²) in [5.74, 6) is -0.344. The molecule has 3 aromatic heterocycles. The summed E-state index contributed by atoms with van der Waals surface area (Å²) in [5.41, 5.74) is 2.31. The van der Waals surface area contributed by atoms with Crippen molar-refractivity contribution in [3.05, 3.63) is 99.0 Å². The highest BCUT2D eigenvalue weighted by Gasteiger charge is 2.20. The van der Waals surface area contributed by atoms with Gasteiger partial charge in [-0.1, -0.05) is 36.4 Å². The van der Waals surface area contributed by atoms with Crippen molar-refractivity contribution >= 4 is 27.8 Å². The van der Waals surface area contributed by atoms with Gasteiger partial charge in [-0.3, -0.25) is 9.59 Å². The average molecular weight is 427 g/mol. The maximum absolute atomic E-state index is 13.1. The van der Waals surface area contributed by atoms with Crippen molar-refractivity contribution in [3.8, 4) is 5.69 Å². The molecule has 0 unspecified atom stereocenters. The smallest absolute Gasteiger partial charge is 0.333 e. The first-order valence-electron chi connectivity index (χ1n) is 10.3. The number of carbonyl (C=O) groups is 1. The molecule has 0 spiro atoms. The fourth-order valence-corrected chi connectivity index (χ4v) is 4.10. The molecule has 32 heavy (non-hydrogen) atoms. The molecule has 0 saturated carbocycles. The standard InChI is InChI=1S/C24H21N5O3/c1-28-14-18(22(30)25-12-11-15-13-26-19-10-6-5-9-17(15)19)20-21(28)23(31)29(24(32)27-20)16-7-3-2-4-8-16/h2-10,13-14,26H,11-12H2,1H3,(H,25,30)(H,27,32). The monoisotopic (exact) mass is 427 g/mol. The molecular formula is C24H21N5O3. The first kappa shape index (κ1) is 19.6. The molecule has 3 heterocycles. The van der Waals surface area contributed by atoms with E-state index in [2.05, 4.69) is 15.3 Å². The van der Waals surface area contributed by atoms with Crippen LogP contribution in [0.5, 0.6) is 0 Å². The number of aromatic nitrogens is 4. The van der Waals surface area contributed by atoms with Gasteiger partial charge in [0.15, 0.2) is 0 Å². The van der Waals surface area contributed by atoms with Gasteiger partial charge in [0.25, 0.3) is 11.5 Å². The summed E-state index contributed by atoms with van der Waals surface area (Å²) < 4.78 is 2.64. The van der Waals surface area contributed by atoms with Crippen molar-refractivity contribution < 1.29 is 4.79 Å². The molecule has 8 heteroatoms. The van der Waals surface area contributed by atoms with Gasteiger partial charge in [0.1, 0.15) is 5.52 Å². The molecule has 0 atom stereocenters. The molecular weight excluding hydrogens is 406 g/mol. The lowest BCUT2D eigenvalue weighted by Crippen LogP contribution is -2.34. The highest BCUT2D eigenvalue weighted by Crippen LogP contribution is 2.18. The van der Waals surface area contributed by atoms with Gasteiger partial charge < -0.3 is 19.9 Å². The molecule has 2 aromatic carbocycles. The predicted molar refractivity (Wildman–Crippen MR) is 123 cm³/mol. The largest absolute Gasteiger partial charge is 0.361 e. The highest BCUT2D eigenvalue weighted by molar-refractivity contribution is 6.05. The number of fused-ring (bicyclic) bond motifs is 2. The van der Waals surface area contributed by atoms with Crippen LogP contribution in [-0.2, 0) is 13.5 Å². The van der Waals surface area contributed by atoms with Gasteiger partial charge in [0, 0.05) is 36.9 Å². The minimum Gasteiger partial charge on any atom is -0.361 e. The van der Waals surface area contributed by atoms with Crippen LogP contribution in [0.3, 0.4) is 0 Å². The SMILES string of the molecule is Cn1cc(C(=O)NCCc2c[nH]c3ccccc23)c2[nH]c(=O)n(-c3ccccc3)c(=O)c21. The third kappa shape index (κ3) is 3.22. The van der Waals surface area contributed by atoms with Gasteiger partial charge in [-0.2, -0.15) is 0 Å². The number of carbonyl (C=O) groups excluding carboxylic acids is 1. The average Bonchev–Trinajstić information content (AvgIpc) is 3.35. The van der Waals surface area contributed by atoms with Crippen molar-refractivity contribution in [2.75, 3.05) is 6.54 Å². The highest BCUT2D eigenvalue weighted by atomic mass is 16.2. The molecule has 3 N–H and O–H groups in total. The van der Waals surface area contributed by atoms with E-state index in [0.29, 0.717) is 18.7 Å². The number of rotatable bonds is 5. The van der Waals surface area contributed by atoms with Crippen molar-refractivity contribution in [1.29, 1.82) is 0 Å². The van der Waals surface area contributed by atoms with E-state index in [9.17, 15) is 14.4 Å². The minimum atomic E-state index is -0.590. The molecule has 0 bridgehead atoms. The molecule has 160 valence electrons. The van der Waals surface area contributed by atoms with E-state index in [1.807, 2.05) is 36.5 Å². The number of nitrogens with one attached hydrogen (secondary N) is 3. The minimum absolute atomic E-state index is 0.235. The number of H-pyrrole nitrogens is 2.